The average Bonchev–Trinajstić information content (AvgIpc) is 2.20. The number of allylic oxidation sites excluding steroid dienone is 2. The van der Waals surface area contributed by atoms with Crippen molar-refractivity contribution >= 4 is 11.8 Å². The van der Waals surface area contributed by atoms with Gasteiger partial charge in [-0.25, -0.2) is 4.79 Å². The number of esters is 1. The van der Waals surface area contributed by atoms with Crippen LogP contribution in [-0.2, 0) is 14.3 Å². The molecule has 1 rings (SSSR count). The Morgan fingerprint density at radius 3 is 2.53 bits per heavy atom. The predicted molar refractivity (Wildman–Crippen MR) is 66.4 cm³/mol. The first kappa shape index (κ1) is 13.4. The molecular formula is C14H18O3. The van der Waals surface area contributed by atoms with Gasteiger partial charge in [0.2, 0.25) is 0 Å². The number of ketones is 1. The van der Waals surface area contributed by atoms with Crippen LogP contribution in [0, 0.1) is 5.92 Å². The quantitative estimate of drug-likeness (QED) is 0.554. The Kier molecular flexibility index (Phi) is 4.05. The average molecular weight is 234 g/mol. The molecule has 0 amide bonds. The summed E-state index contributed by atoms with van der Waals surface area (Å²) in [5, 5.41) is 0. The zero-order valence-electron chi connectivity index (χ0n) is 10.5. The maximum absolute atomic E-state index is 11.6. The number of carbonyl (C=O) groups is 2. The van der Waals surface area contributed by atoms with Crippen molar-refractivity contribution in [1.29, 1.82) is 0 Å². The molecule has 3 nitrogen and oxygen atoms in total. The highest BCUT2D eigenvalue weighted by Crippen LogP contribution is 2.31. The summed E-state index contributed by atoms with van der Waals surface area (Å²) < 4.78 is 5.42. The Morgan fingerprint density at radius 1 is 1.35 bits per heavy atom. The van der Waals surface area contributed by atoms with Gasteiger partial charge in [0, 0.05) is 17.9 Å². The third-order valence-corrected chi connectivity index (χ3v) is 2.79. The van der Waals surface area contributed by atoms with Gasteiger partial charge in [-0.2, -0.15) is 0 Å². The molecule has 1 aliphatic carbocycles. The number of carbonyl (C=O) groups excluding carboxylic acids is 2. The molecule has 0 aromatic rings. The summed E-state index contributed by atoms with van der Waals surface area (Å²) in [5.74, 6) is -0.471. The fourth-order valence-corrected chi connectivity index (χ4v) is 1.74. The van der Waals surface area contributed by atoms with Gasteiger partial charge < -0.3 is 9.53 Å². The monoisotopic (exact) mass is 234 g/mol. The second-order valence-corrected chi connectivity index (χ2v) is 4.61. The van der Waals surface area contributed by atoms with E-state index in [2.05, 4.69) is 6.58 Å². The molecule has 0 radical (unpaired) electrons. The molecule has 0 N–H and O–H groups in total. The van der Waals surface area contributed by atoms with Gasteiger partial charge in [-0.1, -0.05) is 24.8 Å². The Bertz CT molecular complexity index is 404. The maximum atomic E-state index is 11.6. The topological polar surface area (TPSA) is 43.4 Å². The van der Waals surface area contributed by atoms with Gasteiger partial charge >= 0.3 is 5.97 Å². The number of hydrogen-bond donors (Lipinski definition) is 0. The van der Waals surface area contributed by atoms with Gasteiger partial charge in [0.25, 0.3) is 0 Å². The van der Waals surface area contributed by atoms with Crippen molar-refractivity contribution in [2.75, 3.05) is 0 Å². The van der Waals surface area contributed by atoms with Crippen LogP contribution < -0.4 is 0 Å². The van der Waals surface area contributed by atoms with E-state index >= 15 is 0 Å². The zero-order chi connectivity index (χ0) is 13.1. The molecule has 0 saturated heterocycles. The van der Waals surface area contributed by atoms with Crippen molar-refractivity contribution in [3.05, 3.63) is 36.5 Å². The van der Waals surface area contributed by atoms with E-state index in [9.17, 15) is 9.59 Å². The van der Waals surface area contributed by atoms with Crippen molar-refractivity contribution < 1.29 is 14.3 Å². The molecule has 0 bridgehead atoms. The van der Waals surface area contributed by atoms with E-state index in [-0.39, 0.29) is 11.7 Å². The second kappa shape index (κ2) is 5.13. The number of rotatable bonds is 4. The van der Waals surface area contributed by atoms with Crippen LogP contribution in [0.5, 0.6) is 0 Å². The van der Waals surface area contributed by atoms with Gasteiger partial charge in [-0.15, -0.1) is 0 Å². The minimum absolute atomic E-state index is 0.0764. The molecule has 92 valence electrons. The summed E-state index contributed by atoms with van der Waals surface area (Å²) in [6.07, 6.45) is 7.75. The van der Waals surface area contributed by atoms with Crippen molar-refractivity contribution in [2.45, 2.75) is 32.8 Å². The molecule has 0 spiro atoms. The maximum Gasteiger partial charge on any atom is 0.333 e. The molecule has 0 aromatic heterocycles. The van der Waals surface area contributed by atoms with Gasteiger partial charge in [-0.3, -0.25) is 0 Å². The van der Waals surface area contributed by atoms with Crippen LogP contribution in [0.2, 0.25) is 0 Å². The minimum atomic E-state index is -0.767. The number of hydrogen-bond acceptors (Lipinski definition) is 3. The molecular weight excluding hydrogens is 216 g/mol. The van der Waals surface area contributed by atoms with E-state index in [4.69, 9.17) is 4.74 Å². The van der Waals surface area contributed by atoms with Crippen LogP contribution in [0.15, 0.2) is 36.5 Å². The van der Waals surface area contributed by atoms with E-state index < -0.39 is 11.6 Å². The van der Waals surface area contributed by atoms with E-state index in [0.29, 0.717) is 12.0 Å². The normalized spacial score (nSPS) is 26.6. The van der Waals surface area contributed by atoms with Crippen LogP contribution >= 0.6 is 0 Å². The molecule has 2 unspecified atom stereocenters. The van der Waals surface area contributed by atoms with Crippen LogP contribution in [0.1, 0.15) is 27.2 Å². The third kappa shape index (κ3) is 3.41. The van der Waals surface area contributed by atoms with E-state index in [1.54, 1.807) is 19.9 Å². The SMILES string of the molecule is C=C(C)C(=O)OC1(C)C=CC=CC1CC(C)=O. The Morgan fingerprint density at radius 2 is 2.00 bits per heavy atom. The first-order valence-corrected chi connectivity index (χ1v) is 5.59. The smallest absolute Gasteiger partial charge is 0.333 e. The fourth-order valence-electron chi connectivity index (χ4n) is 1.74. The summed E-state index contributed by atoms with van der Waals surface area (Å²) in [7, 11) is 0. The minimum Gasteiger partial charge on any atom is -0.451 e. The summed E-state index contributed by atoms with van der Waals surface area (Å²) >= 11 is 0. The van der Waals surface area contributed by atoms with Crippen LogP contribution in [0.3, 0.4) is 0 Å². The van der Waals surface area contributed by atoms with Gasteiger partial charge in [0.05, 0.1) is 0 Å². The highest BCUT2D eigenvalue weighted by atomic mass is 16.6. The lowest BCUT2D eigenvalue weighted by molar-refractivity contribution is -0.152. The molecule has 0 heterocycles. The molecule has 1 aliphatic rings. The molecule has 0 fully saturated rings. The Labute approximate surface area is 102 Å². The highest BCUT2D eigenvalue weighted by molar-refractivity contribution is 5.87. The van der Waals surface area contributed by atoms with E-state index in [1.165, 1.54) is 6.92 Å². The van der Waals surface area contributed by atoms with Crippen molar-refractivity contribution in [1.82, 2.24) is 0 Å². The van der Waals surface area contributed by atoms with Crippen LogP contribution in [-0.4, -0.2) is 17.4 Å². The standard InChI is InChI=1S/C14H18O3/c1-10(2)13(16)17-14(4)8-6-5-7-12(14)9-11(3)15/h5-8,12H,1,9H2,2-4H3. The molecule has 2 atom stereocenters. The summed E-state index contributed by atoms with van der Waals surface area (Å²) in [6, 6.07) is 0. The Balaban J connectivity index is 2.86. The first-order chi connectivity index (χ1) is 7.85. The Hall–Kier alpha value is -1.64. The van der Waals surface area contributed by atoms with Crippen molar-refractivity contribution in [3.63, 3.8) is 0 Å². The third-order valence-electron chi connectivity index (χ3n) is 2.79. The molecule has 0 aromatic carbocycles. The van der Waals surface area contributed by atoms with E-state index in [1.807, 2.05) is 18.2 Å². The summed E-state index contributed by atoms with van der Waals surface area (Å²) in [6.45, 7) is 8.50. The highest BCUT2D eigenvalue weighted by Gasteiger charge is 2.36. The van der Waals surface area contributed by atoms with Gasteiger partial charge in [0.15, 0.2) is 0 Å². The van der Waals surface area contributed by atoms with Crippen molar-refractivity contribution in [2.24, 2.45) is 5.92 Å². The predicted octanol–water partition coefficient (Wildman–Crippen LogP) is 2.59. The van der Waals surface area contributed by atoms with Gasteiger partial charge in [0.1, 0.15) is 11.4 Å². The van der Waals surface area contributed by atoms with Crippen LogP contribution in [0.25, 0.3) is 0 Å². The number of ether oxygens (including phenoxy) is 1. The first-order valence-electron chi connectivity index (χ1n) is 5.59. The van der Waals surface area contributed by atoms with Crippen LogP contribution in [0.4, 0.5) is 0 Å². The fraction of sp³-hybridized carbons (Fsp3) is 0.429. The van der Waals surface area contributed by atoms with E-state index in [0.717, 1.165) is 0 Å². The largest absolute Gasteiger partial charge is 0.451 e. The summed E-state index contributed by atoms with van der Waals surface area (Å²) in [5.41, 5.74) is -0.410. The number of Topliss-reactive ketones (excluding diaryl/α,β-unsaturated/α-hetero) is 1. The lowest BCUT2D eigenvalue weighted by atomic mass is 9.82. The van der Waals surface area contributed by atoms with Crippen molar-refractivity contribution in [3.8, 4) is 0 Å². The lowest BCUT2D eigenvalue weighted by Crippen LogP contribution is -2.39. The summed E-state index contributed by atoms with van der Waals surface area (Å²) in [4.78, 5) is 22.8. The lowest BCUT2D eigenvalue weighted by Gasteiger charge is -2.34. The molecule has 0 saturated carbocycles. The van der Waals surface area contributed by atoms with Gasteiger partial charge in [-0.05, 0) is 26.8 Å². The zero-order valence-corrected chi connectivity index (χ0v) is 10.5. The molecule has 17 heavy (non-hydrogen) atoms. The molecule has 3 heteroatoms. The second-order valence-electron chi connectivity index (χ2n) is 4.61. The molecule has 0 aliphatic heterocycles.